The van der Waals surface area contributed by atoms with Gasteiger partial charge in [0, 0.05) is 22.8 Å². The van der Waals surface area contributed by atoms with Crippen LogP contribution in [0.4, 0.5) is 0 Å². The van der Waals surface area contributed by atoms with Crippen LogP contribution in [0.15, 0.2) is 54.6 Å². The SMILES string of the molecule is CN(C)CCc1ccc(Cc2cc(-c3cccc(Cl)c3)nc3c2CCC3)cc1. The van der Waals surface area contributed by atoms with E-state index in [0.29, 0.717) is 0 Å². The Balaban J connectivity index is 1.60. The minimum absolute atomic E-state index is 0.759. The zero-order chi connectivity index (χ0) is 19.5. The number of pyridine rings is 1. The average Bonchev–Trinajstić information content (AvgIpc) is 3.16. The van der Waals surface area contributed by atoms with Crippen molar-refractivity contribution >= 4 is 11.6 Å². The molecule has 1 aliphatic carbocycles. The molecule has 0 amide bonds. The summed E-state index contributed by atoms with van der Waals surface area (Å²) < 4.78 is 0. The van der Waals surface area contributed by atoms with E-state index in [1.54, 1.807) is 0 Å². The lowest BCUT2D eigenvalue weighted by atomic mass is 9.96. The number of rotatable bonds is 6. The van der Waals surface area contributed by atoms with Crippen molar-refractivity contribution in [3.05, 3.63) is 87.6 Å². The third-order valence-corrected chi connectivity index (χ3v) is 5.76. The summed E-state index contributed by atoms with van der Waals surface area (Å²) in [5.41, 5.74) is 9.06. The molecule has 0 unspecified atom stereocenters. The minimum atomic E-state index is 0.759. The Hall–Kier alpha value is -2.16. The normalized spacial score (nSPS) is 13.1. The van der Waals surface area contributed by atoms with E-state index in [4.69, 9.17) is 16.6 Å². The molecule has 0 aliphatic heterocycles. The quantitative estimate of drug-likeness (QED) is 0.545. The van der Waals surface area contributed by atoms with Crippen molar-refractivity contribution in [2.45, 2.75) is 32.1 Å². The zero-order valence-corrected chi connectivity index (χ0v) is 17.5. The molecule has 1 aliphatic rings. The molecule has 0 saturated heterocycles. The fraction of sp³-hybridized carbons (Fsp3) is 0.320. The monoisotopic (exact) mass is 390 g/mol. The molecule has 3 heteroatoms. The van der Waals surface area contributed by atoms with Crippen molar-refractivity contribution in [2.24, 2.45) is 0 Å². The molecule has 0 atom stereocenters. The standard InChI is InChI=1S/C25H27ClN2/c1-28(2)14-13-18-9-11-19(12-10-18)15-21-17-25(20-5-3-6-22(26)16-20)27-24-8-4-7-23(21)24/h3,5-6,9-12,16-17H,4,7-8,13-15H2,1-2H3. The lowest BCUT2D eigenvalue weighted by Crippen LogP contribution is -2.14. The van der Waals surface area contributed by atoms with E-state index in [2.05, 4.69) is 55.4 Å². The highest BCUT2D eigenvalue weighted by atomic mass is 35.5. The van der Waals surface area contributed by atoms with E-state index >= 15 is 0 Å². The molecule has 144 valence electrons. The zero-order valence-electron chi connectivity index (χ0n) is 16.7. The molecule has 3 aromatic rings. The molecule has 2 nitrogen and oxygen atoms in total. The Labute approximate surface area is 173 Å². The van der Waals surface area contributed by atoms with Crippen LogP contribution in [0.2, 0.25) is 5.02 Å². The average molecular weight is 391 g/mol. The van der Waals surface area contributed by atoms with Crippen molar-refractivity contribution in [1.29, 1.82) is 0 Å². The number of halogens is 1. The molecule has 0 spiro atoms. The Morgan fingerprint density at radius 2 is 1.75 bits per heavy atom. The van der Waals surface area contributed by atoms with Gasteiger partial charge < -0.3 is 4.90 Å². The number of nitrogens with zero attached hydrogens (tertiary/aromatic N) is 2. The summed E-state index contributed by atoms with van der Waals surface area (Å²) in [7, 11) is 4.24. The van der Waals surface area contributed by atoms with Gasteiger partial charge in [0.05, 0.1) is 5.69 Å². The number of likely N-dealkylation sites (N-methyl/N-ethyl adjacent to an activating group) is 1. The van der Waals surface area contributed by atoms with Crippen LogP contribution in [0, 0.1) is 0 Å². The number of fused-ring (bicyclic) bond motifs is 1. The largest absolute Gasteiger partial charge is 0.309 e. The number of benzene rings is 2. The van der Waals surface area contributed by atoms with E-state index < -0.39 is 0 Å². The second-order valence-corrected chi connectivity index (χ2v) is 8.44. The summed E-state index contributed by atoms with van der Waals surface area (Å²) in [5.74, 6) is 0. The second kappa shape index (κ2) is 8.46. The van der Waals surface area contributed by atoms with Crippen LogP contribution in [-0.4, -0.2) is 30.5 Å². The summed E-state index contributed by atoms with van der Waals surface area (Å²) in [5, 5.41) is 0.759. The highest BCUT2D eigenvalue weighted by Crippen LogP contribution is 2.31. The van der Waals surface area contributed by atoms with Crippen LogP contribution in [0.3, 0.4) is 0 Å². The van der Waals surface area contributed by atoms with Gasteiger partial charge in [-0.25, -0.2) is 0 Å². The van der Waals surface area contributed by atoms with Gasteiger partial charge in [-0.3, -0.25) is 4.98 Å². The number of hydrogen-bond acceptors (Lipinski definition) is 2. The molecule has 0 fully saturated rings. The van der Waals surface area contributed by atoms with Crippen molar-refractivity contribution in [3.8, 4) is 11.3 Å². The van der Waals surface area contributed by atoms with E-state index in [9.17, 15) is 0 Å². The number of aryl methyl sites for hydroxylation is 1. The van der Waals surface area contributed by atoms with E-state index in [1.807, 2.05) is 18.2 Å². The van der Waals surface area contributed by atoms with Gasteiger partial charge in [0.1, 0.15) is 0 Å². The molecular formula is C25H27ClN2. The molecule has 0 radical (unpaired) electrons. The first-order valence-corrected chi connectivity index (χ1v) is 10.5. The first kappa shape index (κ1) is 19.2. The van der Waals surface area contributed by atoms with Crippen LogP contribution in [0.1, 0.15) is 34.4 Å². The second-order valence-electron chi connectivity index (χ2n) is 8.00. The topological polar surface area (TPSA) is 16.1 Å². The van der Waals surface area contributed by atoms with Crippen molar-refractivity contribution in [1.82, 2.24) is 9.88 Å². The maximum atomic E-state index is 6.21. The van der Waals surface area contributed by atoms with Crippen LogP contribution >= 0.6 is 11.6 Å². The highest BCUT2D eigenvalue weighted by molar-refractivity contribution is 6.30. The fourth-order valence-electron chi connectivity index (χ4n) is 3.98. The summed E-state index contributed by atoms with van der Waals surface area (Å²) in [6.07, 6.45) is 5.50. The van der Waals surface area contributed by atoms with Crippen molar-refractivity contribution in [2.75, 3.05) is 20.6 Å². The van der Waals surface area contributed by atoms with Gasteiger partial charge in [0.15, 0.2) is 0 Å². The van der Waals surface area contributed by atoms with Crippen LogP contribution in [0.25, 0.3) is 11.3 Å². The molecule has 0 bridgehead atoms. The van der Waals surface area contributed by atoms with Crippen LogP contribution in [-0.2, 0) is 25.7 Å². The maximum absolute atomic E-state index is 6.21. The van der Waals surface area contributed by atoms with E-state index in [1.165, 1.54) is 34.4 Å². The van der Waals surface area contributed by atoms with Gasteiger partial charge in [-0.15, -0.1) is 0 Å². The Morgan fingerprint density at radius 1 is 0.964 bits per heavy atom. The molecule has 4 rings (SSSR count). The Kier molecular flexibility index (Phi) is 5.79. The maximum Gasteiger partial charge on any atom is 0.0708 e. The molecule has 0 N–H and O–H groups in total. The summed E-state index contributed by atoms with van der Waals surface area (Å²) in [6, 6.07) is 19.4. The molecular weight excluding hydrogens is 364 g/mol. The van der Waals surface area contributed by atoms with Gasteiger partial charge in [-0.05, 0) is 86.7 Å². The summed E-state index contributed by atoms with van der Waals surface area (Å²) in [4.78, 5) is 7.19. The first-order valence-electron chi connectivity index (χ1n) is 10.1. The number of hydrogen-bond donors (Lipinski definition) is 0. The third-order valence-electron chi connectivity index (χ3n) is 5.53. The van der Waals surface area contributed by atoms with Gasteiger partial charge in [0.2, 0.25) is 0 Å². The lowest BCUT2D eigenvalue weighted by molar-refractivity contribution is 0.413. The van der Waals surface area contributed by atoms with Crippen LogP contribution in [0.5, 0.6) is 0 Å². The van der Waals surface area contributed by atoms with Crippen LogP contribution < -0.4 is 0 Å². The first-order chi connectivity index (χ1) is 13.6. The molecule has 2 aromatic carbocycles. The highest BCUT2D eigenvalue weighted by Gasteiger charge is 2.18. The smallest absolute Gasteiger partial charge is 0.0708 e. The van der Waals surface area contributed by atoms with Gasteiger partial charge in [0.25, 0.3) is 0 Å². The lowest BCUT2D eigenvalue weighted by Gasteiger charge is -2.13. The van der Waals surface area contributed by atoms with Gasteiger partial charge >= 0.3 is 0 Å². The predicted octanol–water partition coefficient (Wildman–Crippen LogP) is 5.59. The Morgan fingerprint density at radius 3 is 2.50 bits per heavy atom. The molecule has 28 heavy (non-hydrogen) atoms. The summed E-state index contributed by atoms with van der Waals surface area (Å²) >= 11 is 6.21. The molecule has 0 saturated carbocycles. The predicted molar refractivity (Wildman–Crippen MR) is 118 cm³/mol. The minimum Gasteiger partial charge on any atom is -0.309 e. The fourth-order valence-corrected chi connectivity index (χ4v) is 4.17. The van der Waals surface area contributed by atoms with Crippen molar-refractivity contribution < 1.29 is 0 Å². The Bertz CT molecular complexity index is 961. The van der Waals surface area contributed by atoms with E-state index in [-0.39, 0.29) is 0 Å². The molecule has 1 aromatic heterocycles. The third kappa shape index (κ3) is 4.45. The van der Waals surface area contributed by atoms with Crippen molar-refractivity contribution in [3.63, 3.8) is 0 Å². The summed E-state index contributed by atoms with van der Waals surface area (Å²) in [6.45, 7) is 1.08. The molecule has 1 heterocycles. The number of aromatic nitrogens is 1. The van der Waals surface area contributed by atoms with Gasteiger partial charge in [-0.1, -0.05) is 48.0 Å². The van der Waals surface area contributed by atoms with E-state index in [0.717, 1.165) is 48.5 Å². The van der Waals surface area contributed by atoms with Gasteiger partial charge in [-0.2, -0.15) is 0 Å².